The first-order valence-electron chi connectivity index (χ1n) is 5.12. The third-order valence-corrected chi connectivity index (χ3v) is 3.17. The molecule has 3 heteroatoms. The summed E-state index contributed by atoms with van der Waals surface area (Å²) >= 11 is 1.94. The maximum Gasteiger partial charge on any atom is 0.223 e. The van der Waals surface area contributed by atoms with Crippen LogP contribution in [0.25, 0.3) is 0 Å². The third-order valence-electron chi connectivity index (χ3n) is 2.24. The van der Waals surface area contributed by atoms with E-state index < -0.39 is 0 Å². The molecule has 1 N–H and O–H groups in total. The van der Waals surface area contributed by atoms with E-state index in [0.29, 0.717) is 12.0 Å². The second-order valence-corrected chi connectivity index (χ2v) is 5.06. The number of hydrogen-bond acceptors (Lipinski definition) is 2. The minimum atomic E-state index is 0.272. The lowest BCUT2D eigenvalue weighted by molar-refractivity contribution is -0.122. The second-order valence-electron chi connectivity index (χ2n) is 3.67. The molecule has 1 aliphatic rings. The highest BCUT2D eigenvalue weighted by atomic mass is 32.2. The highest BCUT2D eigenvalue weighted by Gasteiger charge is 2.29. The summed E-state index contributed by atoms with van der Waals surface area (Å²) in [6, 6.07) is 0.354. The molecule has 1 atom stereocenters. The molecule has 0 spiro atoms. The monoisotopic (exact) mass is 201 g/mol. The van der Waals surface area contributed by atoms with Crippen molar-refractivity contribution in [3.63, 3.8) is 0 Å². The first-order valence-corrected chi connectivity index (χ1v) is 6.27. The van der Waals surface area contributed by atoms with Crippen LogP contribution in [-0.4, -0.2) is 23.5 Å². The van der Waals surface area contributed by atoms with Crippen molar-refractivity contribution in [1.82, 2.24) is 5.32 Å². The molecule has 0 aromatic carbocycles. The summed E-state index contributed by atoms with van der Waals surface area (Å²) in [7, 11) is 0. The lowest BCUT2D eigenvalue weighted by Crippen LogP contribution is -2.33. The molecule has 13 heavy (non-hydrogen) atoms. The van der Waals surface area contributed by atoms with Gasteiger partial charge in [0.1, 0.15) is 0 Å². The van der Waals surface area contributed by atoms with E-state index in [-0.39, 0.29) is 5.91 Å². The minimum Gasteiger partial charge on any atom is -0.353 e. The van der Waals surface area contributed by atoms with Crippen LogP contribution in [0.15, 0.2) is 0 Å². The summed E-state index contributed by atoms with van der Waals surface area (Å²) in [6.45, 7) is 4.26. The number of thioether (sulfide) groups is 1. The maximum atomic E-state index is 11.3. The molecule has 0 aromatic rings. The normalized spacial score (nSPS) is 18.3. The molecule has 0 aromatic heterocycles. The SMILES string of the molecule is CCSCCC(C)NC(=O)C1CC1. The second kappa shape index (κ2) is 5.53. The topological polar surface area (TPSA) is 29.1 Å². The molecule has 76 valence electrons. The van der Waals surface area contributed by atoms with Crippen molar-refractivity contribution in [1.29, 1.82) is 0 Å². The highest BCUT2D eigenvalue weighted by molar-refractivity contribution is 7.99. The standard InChI is InChI=1S/C10H19NOS/c1-3-13-7-6-8(2)11-10(12)9-4-5-9/h8-9H,3-7H2,1-2H3,(H,11,12). The van der Waals surface area contributed by atoms with Gasteiger partial charge >= 0.3 is 0 Å². The van der Waals surface area contributed by atoms with Crippen molar-refractivity contribution in [2.45, 2.75) is 39.2 Å². The van der Waals surface area contributed by atoms with E-state index in [9.17, 15) is 4.79 Å². The molecule has 0 radical (unpaired) electrons. The van der Waals surface area contributed by atoms with Crippen molar-refractivity contribution in [2.24, 2.45) is 5.92 Å². The Morgan fingerprint density at radius 3 is 2.85 bits per heavy atom. The van der Waals surface area contributed by atoms with Gasteiger partial charge in [0.25, 0.3) is 0 Å². The zero-order chi connectivity index (χ0) is 9.68. The van der Waals surface area contributed by atoms with E-state index in [4.69, 9.17) is 0 Å². The van der Waals surface area contributed by atoms with Gasteiger partial charge in [-0.15, -0.1) is 0 Å². The molecular formula is C10H19NOS. The molecule has 0 bridgehead atoms. The van der Waals surface area contributed by atoms with Crippen LogP contribution in [0.4, 0.5) is 0 Å². The summed E-state index contributed by atoms with van der Waals surface area (Å²) in [5, 5.41) is 3.05. The Hall–Kier alpha value is -0.180. The van der Waals surface area contributed by atoms with E-state index in [1.165, 1.54) is 5.75 Å². The Morgan fingerprint density at radius 1 is 1.62 bits per heavy atom. The van der Waals surface area contributed by atoms with E-state index in [2.05, 4.69) is 19.2 Å². The average molecular weight is 201 g/mol. The molecule has 0 saturated heterocycles. The van der Waals surface area contributed by atoms with E-state index in [0.717, 1.165) is 25.0 Å². The van der Waals surface area contributed by atoms with Gasteiger partial charge in [0, 0.05) is 12.0 Å². The van der Waals surface area contributed by atoms with Crippen LogP contribution in [0, 0.1) is 5.92 Å². The van der Waals surface area contributed by atoms with Crippen LogP contribution in [0.1, 0.15) is 33.1 Å². The summed E-state index contributed by atoms with van der Waals surface area (Å²) in [6.07, 6.45) is 3.29. The predicted octanol–water partition coefficient (Wildman–Crippen LogP) is 2.04. The smallest absolute Gasteiger partial charge is 0.223 e. The fourth-order valence-corrected chi connectivity index (χ4v) is 1.99. The van der Waals surface area contributed by atoms with Crippen molar-refractivity contribution in [2.75, 3.05) is 11.5 Å². The molecular weight excluding hydrogens is 182 g/mol. The van der Waals surface area contributed by atoms with Gasteiger partial charge in [0.15, 0.2) is 0 Å². The molecule has 0 aliphatic heterocycles. The van der Waals surface area contributed by atoms with Crippen LogP contribution >= 0.6 is 11.8 Å². The summed E-state index contributed by atoms with van der Waals surface area (Å²) in [5.74, 6) is 2.95. The molecule has 1 rings (SSSR count). The molecule has 0 heterocycles. The number of rotatable bonds is 6. The van der Waals surface area contributed by atoms with Crippen molar-refractivity contribution in [3.8, 4) is 0 Å². The van der Waals surface area contributed by atoms with E-state index in [1.54, 1.807) is 0 Å². The molecule has 1 aliphatic carbocycles. The lowest BCUT2D eigenvalue weighted by Gasteiger charge is -2.12. The van der Waals surface area contributed by atoms with Gasteiger partial charge in [-0.25, -0.2) is 0 Å². The quantitative estimate of drug-likeness (QED) is 0.666. The molecule has 1 amide bonds. The van der Waals surface area contributed by atoms with Gasteiger partial charge in [-0.05, 0) is 37.7 Å². The highest BCUT2D eigenvalue weighted by Crippen LogP contribution is 2.28. The Labute approximate surface area is 84.9 Å². The lowest BCUT2D eigenvalue weighted by atomic mass is 10.2. The minimum absolute atomic E-state index is 0.272. The first kappa shape index (κ1) is 10.9. The van der Waals surface area contributed by atoms with Gasteiger partial charge < -0.3 is 5.32 Å². The van der Waals surface area contributed by atoms with Gasteiger partial charge in [-0.1, -0.05) is 6.92 Å². The number of carbonyl (C=O) groups excluding carboxylic acids is 1. The number of carbonyl (C=O) groups is 1. The predicted molar refractivity (Wildman–Crippen MR) is 57.9 cm³/mol. The van der Waals surface area contributed by atoms with Crippen molar-refractivity contribution >= 4 is 17.7 Å². The molecule has 1 saturated carbocycles. The van der Waals surface area contributed by atoms with Gasteiger partial charge in [0.05, 0.1) is 0 Å². The van der Waals surface area contributed by atoms with Crippen LogP contribution in [-0.2, 0) is 4.79 Å². The average Bonchev–Trinajstić information content (AvgIpc) is 2.86. The van der Waals surface area contributed by atoms with E-state index in [1.807, 2.05) is 11.8 Å². The van der Waals surface area contributed by atoms with Gasteiger partial charge in [-0.2, -0.15) is 11.8 Å². The molecule has 1 unspecified atom stereocenters. The van der Waals surface area contributed by atoms with Crippen molar-refractivity contribution < 1.29 is 4.79 Å². The molecule has 1 fully saturated rings. The van der Waals surface area contributed by atoms with Crippen LogP contribution in [0.3, 0.4) is 0 Å². The maximum absolute atomic E-state index is 11.3. The van der Waals surface area contributed by atoms with Gasteiger partial charge in [-0.3, -0.25) is 4.79 Å². The summed E-state index contributed by atoms with van der Waals surface area (Å²) < 4.78 is 0. The zero-order valence-electron chi connectivity index (χ0n) is 8.51. The Balaban J connectivity index is 2.02. The zero-order valence-corrected chi connectivity index (χ0v) is 9.32. The Kier molecular flexibility index (Phi) is 4.64. The Bertz CT molecular complexity index is 168. The Morgan fingerprint density at radius 2 is 2.31 bits per heavy atom. The van der Waals surface area contributed by atoms with Crippen LogP contribution in [0.5, 0.6) is 0 Å². The summed E-state index contributed by atoms with van der Waals surface area (Å²) in [4.78, 5) is 11.3. The van der Waals surface area contributed by atoms with E-state index >= 15 is 0 Å². The molecule has 2 nitrogen and oxygen atoms in total. The van der Waals surface area contributed by atoms with Gasteiger partial charge in [0.2, 0.25) is 5.91 Å². The number of amides is 1. The third kappa shape index (κ3) is 4.55. The first-order chi connectivity index (χ1) is 6.24. The van der Waals surface area contributed by atoms with Crippen LogP contribution < -0.4 is 5.32 Å². The fraction of sp³-hybridized carbons (Fsp3) is 0.900. The van der Waals surface area contributed by atoms with Crippen molar-refractivity contribution in [3.05, 3.63) is 0 Å². The van der Waals surface area contributed by atoms with Crippen LogP contribution in [0.2, 0.25) is 0 Å². The summed E-state index contributed by atoms with van der Waals surface area (Å²) in [5.41, 5.74) is 0. The number of nitrogens with one attached hydrogen (secondary N) is 1. The number of hydrogen-bond donors (Lipinski definition) is 1. The fourth-order valence-electron chi connectivity index (χ4n) is 1.18. The largest absolute Gasteiger partial charge is 0.353 e.